The molecular weight excluding hydrogens is 705 g/mol. The third-order valence-electron chi connectivity index (χ3n) is 11.3. The third kappa shape index (κ3) is 6.26. The molecule has 5 heterocycles. The first-order valence-electron chi connectivity index (χ1n) is 19.6. The van der Waals surface area contributed by atoms with Crippen LogP contribution in [0.4, 0.5) is 0 Å². The van der Waals surface area contributed by atoms with Crippen LogP contribution in [-0.2, 0) is 0 Å². The van der Waals surface area contributed by atoms with E-state index in [-0.39, 0.29) is 0 Å². The average Bonchev–Trinajstić information content (AvgIpc) is 4.05. The van der Waals surface area contributed by atoms with Crippen molar-refractivity contribution in [3.8, 4) is 69.2 Å². The molecule has 0 unspecified atom stereocenters. The topological polar surface area (TPSA) is 57.4 Å². The van der Waals surface area contributed by atoms with Crippen molar-refractivity contribution in [1.82, 2.24) is 19.9 Å². The summed E-state index contributed by atoms with van der Waals surface area (Å²) in [6, 6.07) is 33.9. The monoisotopic (exact) mass is 746 g/mol. The first-order chi connectivity index (χ1) is 28.1. The van der Waals surface area contributed by atoms with Gasteiger partial charge in [0.1, 0.15) is 0 Å². The van der Waals surface area contributed by atoms with Gasteiger partial charge in [-0.05, 0) is 159 Å². The molecule has 4 heteroatoms. The Labute approximate surface area is 340 Å². The number of rotatable bonds is 4. The van der Waals surface area contributed by atoms with Gasteiger partial charge in [-0.3, -0.25) is 0 Å². The summed E-state index contributed by atoms with van der Waals surface area (Å²) in [5.41, 5.74) is 24.5. The molecule has 58 heavy (non-hydrogen) atoms. The molecule has 0 saturated heterocycles. The number of nitrogens with zero attached hydrogens (tertiary/aromatic N) is 2. The van der Waals surface area contributed by atoms with Gasteiger partial charge in [0, 0.05) is 55.4 Å². The van der Waals surface area contributed by atoms with Crippen molar-refractivity contribution in [2.24, 2.45) is 0 Å². The SMILES string of the molecule is C#Cc1ccc(-c2c3nc(c(-c4ccc(C#C)cc4)c4ccc([nH]4)c(-c4c(C)cc(C)cc4C)c4nc(c(-c5c(C)cc(C)cc5C)c5ccc2[nH]5)C=C4)C=C3)cc1. The maximum atomic E-state index is 5.80. The summed E-state index contributed by atoms with van der Waals surface area (Å²) in [6.07, 6.45) is 20.2. The molecular formula is C54H42N4. The van der Waals surface area contributed by atoms with Crippen molar-refractivity contribution < 1.29 is 0 Å². The second-order valence-corrected chi connectivity index (χ2v) is 15.5. The van der Waals surface area contributed by atoms with E-state index in [2.05, 4.69) is 160 Å². The fourth-order valence-electron chi connectivity index (χ4n) is 8.95. The number of terminal acetylenes is 2. The minimum Gasteiger partial charge on any atom is -0.354 e. The van der Waals surface area contributed by atoms with Crippen molar-refractivity contribution >= 4 is 46.4 Å². The summed E-state index contributed by atoms with van der Waals surface area (Å²) in [6.45, 7) is 13.1. The molecule has 0 radical (unpaired) electrons. The van der Waals surface area contributed by atoms with Crippen molar-refractivity contribution in [1.29, 1.82) is 0 Å². The summed E-state index contributed by atoms with van der Waals surface area (Å²) in [5.74, 6) is 5.54. The van der Waals surface area contributed by atoms with Gasteiger partial charge < -0.3 is 9.97 Å². The van der Waals surface area contributed by atoms with Gasteiger partial charge in [-0.15, -0.1) is 12.8 Å². The Balaban J connectivity index is 1.50. The van der Waals surface area contributed by atoms with Crippen LogP contribution in [0.1, 0.15) is 67.3 Å². The van der Waals surface area contributed by atoms with E-state index in [0.29, 0.717) is 0 Å². The van der Waals surface area contributed by atoms with Gasteiger partial charge >= 0.3 is 0 Å². The van der Waals surface area contributed by atoms with Crippen molar-refractivity contribution in [2.45, 2.75) is 41.5 Å². The van der Waals surface area contributed by atoms with E-state index < -0.39 is 0 Å². The highest BCUT2D eigenvalue weighted by Crippen LogP contribution is 2.41. The Bertz CT molecular complexity index is 2910. The number of aryl methyl sites for hydroxylation is 6. The zero-order valence-corrected chi connectivity index (χ0v) is 33.6. The van der Waals surface area contributed by atoms with E-state index in [9.17, 15) is 0 Å². The van der Waals surface area contributed by atoms with Crippen LogP contribution in [0.3, 0.4) is 0 Å². The number of H-pyrrole nitrogens is 2. The molecule has 0 saturated carbocycles. The van der Waals surface area contributed by atoms with Gasteiger partial charge in [-0.25, -0.2) is 9.97 Å². The van der Waals surface area contributed by atoms with Gasteiger partial charge in [0.05, 0.1) is 22.8 Å². The smallest absolute Gasteiger partial charge is 0.0737 e. The van der Waals surface area contributed by atoms with Crippen LogP contribution < -0.4 is 0 Å². The maximum Gasteiger partial charge on any atom is 0.0737 e. The molecule has 2 N–H and O–H groups in total. The number of nitrogens with one attached hydrogen (secondary N) is 2. The maximum absolute atomic E-state index is 5.80. The van der Waals surface area contributed by atoms with Crippen LogP contribution >= 0.6 is 0 Å². The Hall–Kier alpha value is -7.40. The van der Waals surface area contributed by atoms with E-state index >= 15 is 0 Å². The molecule has 278 valence electrons. The Morgan fingerprint density at radius 2 is 0.672 bits per heavy atom. The molecule has 3 aromatic heterocycles. The molecule has 0 aliphatic carbocycles. The number of hydrogen-bond donors (Lipinski definition) is 2. The first-order valence-corrected chi connectivity index (χ1v) is 19.6. The minimum atomic E-state index is 0.820. The second kappa shape index (κ2) is 14.3. The predicted octanol–water partition coefficient (Wildman–Crippen LogP) is 13.1. The highest BCUT2D eigenvalue weighted by atomic mass is 14.8. The molecule has 2 aliphatic heterocycles. The third-order valence-corrected chi connectivity index (χ3v) is 11.3. The summed E-state index contributed by atoms with van der Waals surface area (Å²) in [5, 5.41) is 0. The molecule has 0 amide bonds. The van der Waals surface area contributed by atoms with Crippen molar-refractivity contribution in [3.63, 3.8) is 0 Å². The molecule has 4 aromatic carbocycles. The van der Waals surface area contributed by atoms with Gasteiger partial charge in [-0.2, -0.15) is 0 Å². The minimum absolute atomic E-state index is 0.820. The Morgan fingerprint density at radius 3 is 0.983 bits per heavy atom. The lowest BCUT2D eigenvalue weighted by Gasteiger charge is -2.14. The largest absolute Gasteiger partial charge is 0.354 e. The van der Waals surface area contributed by atoms with E-state index in [1.807, 2.05) is 24.3 Å². The summed E-state index contributed by atoms with van der Waals surface area (Å²) in [7, 11) is 0. The van der Waals surface area contributed by atoms with E-state index in [0.717, 1.165) is 89.4 Å². The number of fused-ring (bicyclic) bond motifs is 8. The van der Waals surface area contributed by atoms with Gasteiger partial charge in [-0.1, -0.05) is 71.5 Å². The van der Waals surface area contributed by atoms with Crippen molar-refractivity contribution in [3.05, 3.63) is 164 Å². The quantitative estimate of drug-likeness (QED) is 0.176. The van der Waals surface area contributed by atoms with Gasteiger partial charge in [0.2, 0.25) is 0 Å². The number of aromatic nitrogens is 4. The van der Waals surface area contributed by atoms with Crippen LogP contribution in [0, 0.1) is 66.2 Å². The normalized spacial score (nSPS) is 11.8. The molecule has 8 bridgehead atoms. The summed E-state index contributed by atoms with van der Waals surface area (Å²) < 4.78 is 0. The summed E-state index contributed by atoms with van der Waals surface area (Å²) in [4.78, 5) is 18.7. The van der Waals surface area contributed by atoms with Crippen LogP contribution in [0.15, 0.2) is 97.1 Å². The van der Waals surface area contributed by atoms with Crippen LogP contribution in [0.25, 0.3) is 90.9 Å². The average molecular weight is 747 g/mol. The lowest BCUT2D eigenvalue weighted by Crippen LogP contribution is -1.95. The van der Waals surface area contributed by atoms with Crippen molar-refractivity contribution in [2.75, 3.05) is 0 Å². The molecule has 4 nitrogen and oxygen atoms in total. The van der Waals surface area contributed by atoms with E-state index in [4.69, 9.17) is 22.8 Å². The molecule has 0 atom stereocenters. The zero-order valence-electron chi connectivity index (χ0n) is 33.6. The van der Waals surface area contributed by atoms with E-state index in [1.165, 1.54) is 44.5 Å². The second-order valence-electron chi connectivity index (χ2n) is 15.5. The van der Waals surface area contributed by atoms with Gasteiger partial charge in [0.15, 0.2) is 0 Å². The lowest BCUT2D eigenvalue weighted by molar-refractivity contribution is 1.27. The van der Waals surface area contributed by atoms with Crippen LogP contribution in [0.2, 0.25) is 0 Å². The van der Waals surface area contributed by atoms with Gasteiger partial charge in [0.25, 0.3) is 0 Å². The fourth-order valence-corrected chi connectivity index (χ4v) is 8.95. The summed E-state index contributed by atoms with van der Waals surface area (Å²) >= 11 is 0. The molecule has 0 spiro atoms. The van der Waals surface area contributed by atoms with E-state index in [1.54, 1.807) is 0 Å². The first kappa shape index (κ1) is 36.3. The Morgan fingerprint density at radius 1 is 0.379 bits per heavy atom. The standard InChI is InChI=1S/C54H42N4/c1-9-37-11-15-39(16-12-37)51-41-19-20-42(55-41)52(40-17-13-38(10-2)14-18-40)44-22-24-46(57-44)54(50-35(7)29-32(4)30-36(50)8)48-26-25-47(58-48)53(45-23-21-43(51)56-45)49-33(5)27-31(3)28-34(49)6/h1-2,11-30,56-57H,3-8H3. The van der Waals surface area contributed by atoms with Crippen LogP contribution in [-0.4, -0.2) is 19.9 Å². The molecule has 9 rings (SSSR count). The fraction of sp³-hybridized carbons (Fsp3) is 0.111. The Kier molecular flexibility index (Phi) is 8.92. The number of hydrogen-bond acceptors (Lipinski definition) is 2. The zero-order chi connectivity index (χ0) is 40.2. The molecule has 2 aliphatic rings. The molecule has 7 aromatic rings. The highest BCUT2D eigenvalue weighted by Gasteiger charge is 2.21. The lowest BCUT2D eigenvalue weighted by atomic mass is 9.92. The predicted molar refractivity (Wildman–Crippen MR) is 245 cm³/mol. The number of aromatic amines is 2. The van der Waals surface area contributed by atoms with Crippen LogP contribution in [0.5, 0.6) is 0 Å². The number of benzene rings is 4. The molecule has 0 fully saturated rings. The highest BCUT2D eigenvalue weighted by molar-refractivity contribution is 6.01.